The van der Waals surface area contributed by atoms with Crippen molar-refractivity contribution in [3.8, 4) is 0 Å². The van der Waals surface area contributed by atoms with E-state index in [9.17, 15) is 14.4 Å². The number of fused-ring (bicyclic) bond motifs is 2. The van der Waals surface area contributed by atoms with Gasteiger partial charge in [-0.1, -0.05) is 50.2 Å². The van der Waals surface area contributed by atoms with E-state index in [4.69, 9.17) is 4.74 Å². The molecule has 6 nitrogen and oxygen atoms in total. The molecule has 6 heteroatoms. The zero-order valence-electron chi connectivity index (χ0n) is 17.5. The Bertz CT molecular complexity index is 965. The van der Waals surface area contributed by atoms with E-state index in [0.29, 0.717) is 18.5 Å². The Morgan fingerprint density at radius 2 is 1.93 bits per heavy atom. The molecule has 0 spiro atoms. The van der Waals surface area contributed by atoms with E-state index in [2.05, 4.69) is 5.32 Å². The molecule has 30 heavy (non-hydrogen) atoms. The first-order valence-electron chi connectivity index (χ1n) is 10.7. The fraction of sp³-hybridized carbons (Fsp3) is 0.458. The van der Waals surface area contributed by atoms with Crippen LogP contribution in [0.3, 0.4) is 0 Å². The summed E-state index contributed by atoms with van der Waals surface area (Å²) in [5, 5.41) is 4.80. The number of ether oxygens (including phenoxy) is 1. The van der Waals surface area contributed by atoms with E-state index >= 15 is 0 Å². The molecule has 1 N–H and O–H groups in total. The highest BCUT2D eigenvalue weighted by atomic mass is 16.5. The van der Waals surface area contributed by atoms with Crippen molar-refractivity contribution in [2.75, 3.05) is 13.2 Å². The summed E-state index contributed by atoms with van der Waals surface area (Å²) < 4.78 is 5.58. The molecule has 0 unspecified atom stereocenters. The number of hydrogen-bond donors (Lipinski definition) is 1. The lowest BCUT2D eigenvalue weighted by atomic mass is 9.94. The second-order valence-corrected chi connectivity index (χ2v) is 8.62. The van der Waals surface area contributed by atoms with E-state index in [1.807, 2.05) is 50.2 Å². The minimum Gasteiger partial charge on any atom is -0.368 e. The summed E-state index contributed by atoms with van der Waals surface area (Å²) in [6.07, 6.45) is 1.88. The van der Waals surface area contributed by atoms with Crippen molar-refractivity contribution in [1.82, 2.24) is 10.2 Å². The maximum Gasteiger partial charge on any atom is 0.252 e. The standard InChI is InChI=1S/C24H28N2O4/c1-15(2)13-19(24(29)26-12-6-11-21-22(26)20(27)14-30-21)25-23(28)18-10-5-8-16-7-3-4-9-17(16)18/h3-5,7-10,15,19,21-22H,6,11-14H2,1-2H3,(H,25,28)/t19-,21+,22+/m0/s1. The van der Waals surface area contributed by atoms with Gasteiger partial charge in [-0.2, -0.15) is 0 Å². The molecule has 0 aromatic heterocycles. The molecular formula is C24H28N2O4. The normalized spacial score (nSPS) is 22.2. The predicted molar refractivity (Wildman–Crippen MR) is 114 cm³/mol. The van der Waals surface area contributed by atoms with Gasteiger partial charge in [-0.25, -0.2) is 0 Å². The second kappa shape index (κ2) is 8.56. The molecule has 158 valence electrons. The molecule has 4 rings (SSSR count). The van der Waals surface area contributed by atoms with Gasteiger partial charge in [-0.3, -0.25) is 14.4 Å². The van der Waals surface area contributed by atoms with Crippen LogP contribution in [0.2, 0.25) is 0 Å². The average Bonchev–Trinajstić information content (AvgIpc) is 3.13. The average molecular weight is 408 g/mol. The summed E-state index contributed by atoms with van der Waals surface area (Å²) >= 11 is 0. The maximum atomic E-state index is 13.5. The third-order valence-electron chi connectivity index (χ3n) is 5.97. The van der Waals surface area contributed by atoms with Crippen molar-refractivity contribution in [2.45, 2.75) is 51.3 Å². The minimum absolute atomic E-state index is 0.0447. The fourth-order valence-corrected chi connectivity index (χ4v) is 4.59. The van der Waals surface area contributed by atoms with Gasteiger partial charge in [0, 0.05) is 12.1 Å². The molecule has 0 saturated carbocycles. The highest BCUT2D eigenvalue weighted by molar-refractivity contribution is 6.08. The lowest BCUT2D eigenvalue weighted by molar-refractivity contribution is -0.142. The van der Waals surface area contributed by atoms with E-state index in [1.54, 1.807) is 11.0 Å². The first-order chi connectivity index (χ1) is 14.5. The quantitative estimate of drug-likeness (QED) is 0.825. The molecule has 0 radical (unpaired) electrons. The lowest BCUT2D eigenvalue weighted by Gasteiger charge is -2.37. The smallest absolute Gasteiger partial charge is 0.252 e. The molecule has 0 aliphatic carbocycles. The molecule has 2 aromatic carbocycles. The summed E-state index contributed by atoms with van der Waals surface area (Å²) in [6.45, 7) is 4.63. The van der Waals surface area contributed by atoms with E-state index in [0.717, 1.165) is 23.6 Å². The van der Waals surface area contributed by atoms with Crippen molar-refractivity contribution in [2.24, 2.45) is 5.92 Å². The van der Waals surface area contributed by atoms with Gasteiger partial charge in [0.15, 0.2) is 5.78 Å². The second-order valence-electron chi connectivity index (χ2n) is 8.62. The van der Waals surface area contributed by atoms with E-state index < -0.39 is 12.1 Å². The number of rotatable bonds is 5. The zero-order chi connectivity index (χ0) is 21.3. The Morgan fingerprint density at radius 1 is 1.17 bits per heavy atom. The van der Waals surface area contributed by atoms with Gasteiger partial charge < -0.3 is 15.0 Å². The molecule has 2 saturated heterocycles. The number of Topliss-reactive ketones (excluding diaryl/α,β-unsaturated/α-hetero) is 1. The summed E-state index contributed by atoms with van der Waals surface area (Å²) in [5.41, 5.74) is 0.548. The Morgan fingerprint density at radius 3 is 2.73 bits per heavy atom. The van der Waals surface area contributed by atoms with Gasteiger partial charge >= 0.3 is 0 Å². The fourth-order valence-electron chi connectivity index (χ4n) is 4.59. The van der Waals surface area contributed by atoms with Gasteiger partial charge in [0.05, 0.1) is 6.10 Å². The van der Waals surface area contributed by atoms with Crippen molar-refractivity contribution < 1.29 is 19.1 Å². The molecule has 2 aliphatic rings. The number of ketones is 1. The number of hydrogen-bond acceptors (Lipinski definition) is 4. The Hall–Kier alpha value is -2.73. The number of nitrogens with one attached hydrogen (secondary N) is 1. The van der Waals surface area contributed by atoms with Gasteiger partial charge in [0.1, 0.15) is 18.7 Å². The first kappa shape index (κ1) is 20.5. The van der Waals surface area contributed by atoms with Gasteiger partial charge in [-0.15, -0.1) is 0 Å². The van der Waals surface area contributed by atoms with Gasteiger partial charge in [0.2, 0.25) is 5.91 Å². The van der Waals surface area contributed by atoms with Crippen LogP contribution in [0.5, 0.6) is 0 Å². The predicted octanol–water partition coefficient (Wildman–Crippen LogP) is 2.94. The first-order valence-corrected chi connectivity index (χ1v) is 10.7. The largest absolute Gasteiger partial charge is 0.368 e. The van der Waals surface area contributed by atoms with Crippen LogP contribution in [0.1, 0.15) is 43.5 Å². The number of carbonyl (C=O) groups excluding carboxylic acids is 3. The van der Waals surface area contributed by atoms with Gasteiger partial charge in [-0.05, 0) is 42.0 Å². The maximum absolute atomic E-state index is 13.5. The summed E-state index contributed by atoms with van der Waals surface area (Å²) in [6, 6.07) is 12.1. The van der Waals surface area contributed by atoms with Crippen LogP contribution in [-0.4, -0.2) is 53.8 Å². The third-order valence-corrected chi connectivity index (χ3v) is 5.97. The van der Waals surface area contributed by atoms with Crippen LogP contribution >= 0.6 is 0 Å². The summed E-state index contributed by atoms with van der Waals surface area (Å²) in [4.78, 5) is 40.6. The molecular weight excluding hydrogens is 380 g/mol. The Balaban J connectivity index is 1.58. The number of amides is 2. The summed E-state index contributed by atoms with van der Waals surface area (Å²) in [7, 11) is 0. The van der Waals surface area contributed by atoms with E-state index in [1.165, 1.54) is 0 Å². The highest BCUT2D eigenvalue weighted by Crippen LogP contribution is 2.27. The lowest BCUT2D eigenvalue weighted by Crippen LogP contribution is -2.58. The molecule has 2 aromatic rings. The van der Waals surface area contributed by atoms with Crippen LogP contribution in [0, 0.1) is 5.92 Å². The SMILES string of the molecule is CC(C)C[C@H](NC(=O)c1cccc2ccccc12)C(=O)N1CCC[C@H]2OCC(=O)[C@H]21. The summed E-state index contributed by atoms with van der Waals surface area (Å²) in [5.74, 6) is -0.293. The molecule has 2 heterocycles. The van der Waals surface area contributed by atoms with Crippen LogP contribution < -0.4 is 5.32 Å². The third kappa shape index (κ3) is 3.97. The minimum atomic E-state index is -0.677. The van der Waals surface area contributed by atoms with Crippen molar-refractivity contribution in [1.29, 1.82) is 0 Å². The zero-order valence-corrected chi connectivity index (χ0v) is 17.5. The van der Waals surface area contributed by atoms with Crippen LogP contribution in [0.25, 0.3) is 10.8 Å². The van der Waals surface area contributed by atoms with Crippen molar-refractivity contribution in [3.63, 3.8) is 0 Å². The Kier molecular flexibility index (Phi) is 5.86. The van der Waals surface area contributed by atoms with Gasteiger partial charge in [0.25, 0.3) is 5.91 Å². The number of benzene rings is 2. The number of piperidine rings is 1. The molecule has 0 bridgehead atoms. The van der Waals surface area contributed by atoms with Crippen molar-refractivity contribution in [3.05, 3.63) is 48.0 Å². The number of nitrogens with zero attached hydrogens (tertiary/aromatic N) is 1. The topological polar surface area (TPSA) is 75.7 Å². The Labute approximate surface area is 176 Å². The molecule has 2 fully saturated rings. The van der Waals surface area contributed by atoms with Crippen LogP contribution in [0.15, 0.2) is 42.5 Å². The van der Waals surface area contributed by atoms with E-state index in [-0.39, 0.29) is 36.2 Å². The van der Waals surface area contributed by atoms with Crippen LogP contribution in [-0.2, 0) is 14.3 Å². The monoisotopic (exact) mass is 408 g/mol. The van der Waals surface area contributed by atoms with Crippen molar-refractivity contribution >= 4 is 28.4 Å². The molecule has 3 atom stereocenters. The number of likely N-dealkylation sites (tertiary alicyclic amines) is 1. The molecule has 2 aliphatic heterocycles. The molecule has 2 amide bonds. The number of carbonyl (C=O) groups is 3. The highest BCUT2D eigenvalue weighted by Gasteiger charge is 2.45. The van der Waals surface area contributed by atoms with Crippen LogP contribution in [0.4, 0.5) is 0 Å².